The molecule has 22 heavy (non-hydrogen) atoms. The van der Waals surface area contributed by atoms with Gasteiger partial charge in [-0.3, -0.25) is 24.8 Å². The van der Waals surface area contributed by atoms with Crippen molar-refractivity contribution in [3.8, 4) is 0 Å². The summed E-state index contributed by atoms with van der Waals surface area (Å²) in [7, 11) is 0. The van der Waals surface area contributed by atoms with Crippen LogP contribution in [0.15, 0.2) is 0 Å². The Bertz CT molecular complexity index is 430. The van der Waals surface area contributed by atoms with Crippen molar-refractivity contribution in [3.63, 3.8) is 0 Å². The lowest BCUT2D eigenvalue weighted by Gasteiger charge is -2.25. The van der Waals surface area contributed by atoms with Crippen molar-refractivity contribution in [2.75, 3.05) is 13.2 Å². The van der Waals surface area contributed by atoms with Crippen LogP contribution in [-0.4, -0.2) is 53.2 Å². The van der Waals surface area contributed by atoms with Crippen molar-refractivity contribution >= 4 is 23.8 Å². The highest BCUT2D eigenvalue weighted by Crippen LogP contribution is 2.05. The quantitative estimate of drug-likeness (QED) is 0.441. The number of hydrogen-bond donors (Lipinski definition) is 4. The summed E-state index contributed by atoms with van der Waals surface area (Å²) in [6.45, 7) is 1.88. The third-order valence-corrected chi connectivity index (χ3v) is 2.56. The van der Waals surface area contributed by atoms with Gasteiger partial charge in [-0.2, -0.15) is 0 Å². The van der Waals surface area contributed by atoms with Crippen molar-refractivity contribution in [3.05, 3.63) is 0 Å². The number of carboxylic acid groups (broad SMARTS) is 1. The fourth-order valence-electron chi connectivity index (χ4n) is 1.60. The standard InChI is InChI=1S/C12H21FN4O5/c1-7(2)5-8(15-12(21)22)11(20)16-17(10(19)6-13)4-3-9(14)18/h7-8,15H,3-6H2,1-2H3,(H2,14,18)(H,16,20)(H,21,22)/t8-/m0/s1. The number of primary amides is 1. The van der Waals surface area contributed by atoms with Gasteiger partial charge in [-0.05, 0) is 12.3 Å². The lowest BCUT2D eigenvalue weighted by Crippen LogP contribution is -2.55. The molecule has 0 radical (unpaired) electrons. The molecule has 4 amide bonds. The molecule has 0 spiro atoms. The van der Waals surface area contributed by atoms with Crippen molar-refractivity contribution in [2.45, 2.75) is 32.7 Å². The lowest BCUT2D eigenvalue weighted by atomic mass is 10.0. The molecule has 0 aliphatic rings. The molecule has 0 aromatic heterocycles. The van der Waals surface area contributed by atoms with Crippen LogP contribution >= 0.6 is 0 Å². The minimum atomic E-state index is -1.40. The zero-order valence-electron chi connectivity index (χ0n) is 12.5. The van der Waals surface area contributed by atoms with Gasteiger partial charge in [0.1, 0.15) is 6.04 Å². The largest absolute Gasteiger partial charge is 0.465 e. The predicted octanol–water partition coefficient (Wildman–Crippen LogP) is -0.627. The van der Waals surface area contributed by atoms with E-state index in [9.17, 15) is 23.6 Å². The van der Waals surface area contributed by atoms with E-state index in [-0.39, 0.29) is 25.3 Å². The van der Waals surface area contributed by atoms with E-state index in [1.807, 2.05) is 5.32 Å². The predicted molar refractivity (Wildman–Crippen MR) is 74.0 cm³/mol. The maximum Gasteiger partial charge on any atom is 0.405 e. The van der Waals surface area contributed by atoms with Crippen molar-refractivity contribution in [2.24, 2.45) is 11.7 Å². The molecule has 0 aliphatic heterocycles. The van der Waals surface area contributed by atoms with Crippen molar-refractivity contribution < 1.29 is 28.7 Å². The van der Waals surface area contributed by atoms with Gasteiger partial charge in [-0.1, -0.05) is 13.8 Å². The third kappa shape index (κ3) is 8.02. The summed E-state index contributed by atoms with van der Waals surface area (Å²) in [5.74, 6) is -2.61. The Kier molecular flexibility index (Phi) is 8.49. The summed E-state index contributed by atoms with van der Waals surface area (Å²) in [6.07, 6.45) is -1.49. The number of alkyl halides is 1. The molecule has 5 N–H and O–H groups in total. The molecule has 0 aliphatic carbocycles. The zero-order chi connectivity index (χ0) is 17.3. The second-order valence-electron chi connectivity index (χ2n) is 5.00. The molecule has 0 saturated carbocycles. The van der Waals surface area contributed by atoms with E-state index < -0.39 is 36.5 Å². The minimum absolute atomic E-state index is 0.00135. The number of nitrogens with one attached hydrogen (secondary N) is 2. The number of amides is 4. The summed E-state index contributed by atoms with van der Waals surface area (Å²) < 4.78 is 12.5. The van der Waals surface area contributed by atoms with Crippen LogP contribution in [0.4, 0.5) is 9.18 Å². The molecule has 126 valence electrons. The monoisotopic (exact) mass is 320 g/mol. The van der Waals surface area contributed by atoms with E-state index in [4.69, 9.17) is 10.8 Å². The molecule has 1 atom stereocenters. The molecule has 0 rings (SSSR count). The van der Waals surface area contributed by atoms with Gasteiger partial charge in [0.25, 0.3) is 11.8 Å². The van der Waals surface area contributed by atoms with Crippen molar-refractivity contribution in [1.82, 2.24) is 15.8 Å². The first-order valence-corrected chi connectivity index (χ1v) is 6.62. The number of hydrogen-bond acceptors (Lipinski definition) is 4. The normalized spacial score (nSPS) is 11.6. The van der Waals surface area contributed by atoms with Gasteiger partial charge in [0.2, 0.25) is 5.91 Å². The highest BCUT2D eigenvalue weighted by atomic mass is 19.1. The molecule has 0 bridgehead atoms. The van der Waals surface area contributed by atoms with Gasteiger partial charge >= 0.3 is 6.09 Å². The van der Waals surface area contributed by atoms with Crippen LogP contribution in [0.25, 0.3) is 0 Å². The van der Waals surface area contributed by atoms with E-state index in [0.29, 0.717) is 5.01 Å². The SMILES string of the molecule is CC(C)C[C@H](NC(=O)O)C(=O)NN(CCC(N)=O)C(=O)CF. The number of nitrogens with two attached hydrogens (primary N) is 1. The smallest absolute Gasteiger partial charge is 0.405 e. The summed E-state index contributed by atoms with van der Waals surface area (Å²) in [4.78, 5) is 44.8. The maximum atomic E-state index is 12.5. The number of halogens is 1. The van der Waals surface area contributed by atoms with Gasteiger partial charge in [0.15, 0.2) is 6.67 Å². The lowest BCUT2D eigenvalue weighted by molar-refractivity contribution is -0.143. The Balaban J connectivity index is 4.88. The summed E-state index contributed by atoms with van der Waals surface area (Å²) in [5.41, 5.74) is 7.04. The highest BCUT2D eigenvalue weighted by molar-refractivity contribution is 5.88. The minimum Gasteiger partial charge on any atom is -0.465 e. The summed E-state index contributed by atoms with van der Waals surface area (Å²) in [5, 5.41) is 11.4. The van der Waals surface area contributed by atoms with Gasteiger partial charge in [0, 0.05) is 6.42 Å². The number of nitrogens with zero attached hydrogens (tertiary/aromatic N) is 1. The van der Waals surface area contributed by atoms with Crippen LogP contribution in [0, 0.1) is 5.92 Å². The van der Waals surface area contributed by atoms with Gasteiger partial charge in [0.05, 0.1) is 6.54 Å². The number of hydrazine groups is 1. The van der Waals surface area contributed by atoms with Gasteiger partial charge in [-0.25, -0.2) is 9.18 Å². The van der Waals surface area contributed by atoms with Crippen LogP contribution in [0.2, 0.25) is 0 Å². The molecule has 0 unspecified atom stereocenters. The van der Waals surface area contributed by atoms with Crippen LogP contribution in [0.3, 0.4) is 0 Å². The van der Waals surface area contributed by atoms with Crippen molar-refractivity contribution in [1.29, 1.82) is 0 Å². The molecule has 9 nitrogen and oxygen atoms in total. The second kappa shape index (κ2) is 9.53. The summed E-state index contributed by atoms with van der Waals surface area (Å²) in [6, 6.07) is -1.11. The van der Waals surface area contributed by atoms with E-state index in [1.165, 1.54) is 0 Å². The van der Waals surface area contributed by atoms with Crippen LogP contribution < -0.4 is 16.5 Å². The van der Waals surface area contributed by atoms with Crippen LogP contribution in [0.5, 0.6) is 0 Å². The third-order valence-electron chi connectivity index (χ3n) is 2.56. The Morgan fingerprint density at radius 2 is 1.86 bits per heavy atom. The van der Waals surface area contributed by atoms with E-state index in [2.05, 4.69) is 5.43 Å². The average Bonchev–Trinajstić information content (AvgIpc) is 2.40. The Labute approximate surface area is 127 Å². The Morgan fingerprint density at radius 3 is 2.27 bits per heavy atom. The number of rotatable bonds is 8. The molecule has 0 saturated heterocycles. The first-order valence-electron chi connectivity index (χ1n) is 6.62. The maximum absolute atomic E-state index is 12.5. The Morgan fingerprint density at radius 1 is 1.27 bits per heavy atom. The Hall–Kier alpha value is -2.39. The molecule has 0 fully saturated rings. The number of carbonyl (C=O) groups is 4. The average molecular weight is 320 g/mol. The first kappa shape index (κ1) is 19.6. The fraction of sp³-hybridized carbons (Fsp3) is 0.667. The molecule has 0 aromatic carbocycles. The van der Waals surface area contributed by atoms with E-state index in [0.717, 1.165) is 0 Å². The molecular weight excluding hydrogens is 299 g/mol. The fourth-order valence-corrected chi connectivity index (χ4v) is 1.60. The molecule has 0 aromatic rings. The van der Waals surface area contributed by atoms with E-state index in [1.54, 1.807) is 13.8 Å². The van der Waals surface area contributed by atoms with Gasteiger partial charge < -0.3 is 16.2 Å². The second-order valence-corrected chi connectivity index (χ2v) is 5.00. The summed E-state index contributed by atoms with van der Waals surface area (Å²) >= 11 is 0. The molecular formula is C12H21FN4O5. The zero-order valence-corrected chi connectivity index (χ0v) is 12.5. The first-order chi connectivity index (χ1) is 10.2. The van der Waals surface area contributed by atoms with E-state index >= 15 is 0 Å². The number of carbonyl (C=O) groups excluding carboxylic acids is 3. The van der Waals surface area contributed by atoms with Crippen LogP contribution in [0.1, 0.15) is 26.7 Å². The molecule has 0 heterocycles. The van der Waals surface area contributed by atoms with Gasteiger partial charge in [-0.15, -0.1) is 0 Å². The highest BCUT2D eigenvalue weighted by Gasteiger charge is 2.25. The van der Waals surface area contributed by atoms with Crippen LogP contribution in [-0.2, 0) is 14.4 Å². The topological polar surface area (TPSA) is 142 Å². The molecule has 10 heteroatoms.